The van der Waals surface area contributed by atoms with E-state index in [2.05, 4.69) is 25.7 Å². The second kappa shape index (κ2) is 5.76. The lowest BCUT2D eigenvalue weighted by Crippen LogP contribution is -2.11. The van der Waals surface area contributed by atoms with Gasteiger partial charge in [0.25, 0.3) is 0 Å². The highest BCUT2D eigenvalue weighted by atomic mass is 15.3. The Morgan fingerprint density at radius 2 is 1.82 bits per heavy atom. The number of nitrogens with one attached hydrogen (secondary N) is 2. The molecule has 0 fully saturated rings. The van der Waals surface area contributed by atoms with Crippen molar-refractivity contribution in [1.82, 2.24) is 15.0 Å². The molecule has 0 radical (unpaired) electrons. The third kappa shape index (κ3) is 3.39. The number of hydrazine groups is 1. The van der Waals surface area contributed by atoms with Crippen molar-refractivity contribution in [2.24, 2.45) is 5.84 Å². The van der Waals surface area contributed by atoms with Gasteiger partial charge in [-0.2, -0.15) is 0 Å². The number of nitrogen functional groups attached to an aromatic ring is 1. The molecule has 2 aromatic heterocycles. The summed E-state index contributed by atoms with van der Waals surface area (Å²) in [4.78, 5) is 12.2. The first kappa shape index (κ1) is 11.3. The second-order valence-electron chi connectivity index (χ2n) is 3.47. The largest absolute Gasteiger partial charge is 0.368 e. The number of rotatable bonds is 5. The second-order valence-corrected chi connectivity index (χ2v) is 3.47. The van der Waals surface area contributed by atoms with Gasteiger partial charge in [-0.15, -0.1) is 0 Å². The normalized spacial score (nSPS) is 9.94. The van der Waals surface area contributed by atoms with Gasteiger partial charge in [-0.3, -0.25) is 9.97 Å². The molecule has 0 spiro atoms. The van der Waals surface area contributed by atoms with Crippen LogP contribution in [0.15, 0.2) is 36.9 Å². The fraction of sp³-hybridized carbons (Fsp3) is 0.182. The zero-order valence-electron chi connectivity index (χ0n) is 9.30. The molecule has 0 aliphatic carbocycles. The standard InChI is InChI=1S/C11H14N6/c12-17-11-8-14-7-10(16-11)15-6-3-9-1-4-13-5-2-9/h1-2,4-5,7-8H,3,6,12H2,(H2,15,16,17). The molecular formula is C11H14N6. The summed E-state index contributed by atoms with van der Waals surface area (Å²) in [5, 5.41) is 3.18. The van der Waals surface area contributed by atoms with E-state index in [0.717, 1.165) is 13.0 Å². The van der Waals surface area contributed by atoms with Crippen LogP contribution >= 0.6 is 0 Å². The van der Waals surface area contributed by atoms with Crippen molar-refractivity contribution in [3.8, 4) is 0 Å². The minimum atomic E-state index is 0.541. The molecule has 0 bridgehead atoms. The van der Waals surface area contributed by atoms with Gasteiger partial charge in [-0.1, -0.05) is 0 Å². The molecule has 2 rings (SSSR count). The monoisotopic (exact) mass is 230 g/mol. The van der Waals surface area contributed by atoms with Crippen LogP contribution in [0.5, 0.6) is 0 Å². The molecule has 0 saturated heterocycles. The smallest absolute Gasteiger partial charge is 0.160 e. The summed E-state index contributed by atoms with van der Waals surface area (Å²) in [6.07, 6.45) is 7.70. The maximum Gasteiger partial charge on any atom is 0.160 e. The van der Waals surface area contributed by atoms with Gasteiger partial charge in [-0.05, 0) is 24.1 Å². The van der Waals surface area contributed by atoms with Gasteiger partial charge in [0.05, 0.1) is 12.4 Å². The topological polar surface area (TPSA) is 88.8 Å². The molecule has 0 aromatic carbocycles. The quantitative estimate of drug-likeness (QED) is 0.520. The van der Waals surface area contributed by atoms with Crippen molar-refractivity contribution in [3.05, 3.63) is 42.5 Å². The fourth-order valence-corrected chi connectivity index (χ4v) is 1.41. The van der Waals surface area contributed by atoms with Gasteiger partial charge in [0, 0.05) is 18.9 Å². The van der Waals surface area contributed by atoms with E-state index in [4.69, 9.17) is 5.84 Å². The Balaban J connectivity index is 1.86. The first-order valence-electron chi connectivity index (χ1n) is 5.30. The highest BCUT2D eigenvalue weighted by Gasteiger charge is 1.97. The summed E-state index contributed by atoms with van der Waals surface area (Å²) in [5.41, 5.74) is 3.68. The summed E-state index contributed by atoms with van der Waals surface area (Å²) in [6.45, 7) is 0.784. The zero-order chi connectivity index (χ0) is 11.9. The lowest BCUT2D eigenvalue weighted by molar-refractivity contribution is 0.993. The molecule has 2 heterocycles. The molecule has 0 atom stereocenters. The molecule has 4 N–H and O–H groups in total. The Morgan fingerprint density at radius 1 is 1.06 bits per heavy atom. The molecule has 88 valence electrons. The maximum absolute atomic E-state index is 5.25. The molecule has 0 aliphatic rings. The number of nitrogens with zero attached hydrogens (tertiary/aromatic N) is 3. The zero-order valence-corrected chi connectivity index (χ0v) is 9.30. The van der Waals surface area contributed by atoms with Crippen molar-refractivity contribution in [1.29, 1.82) is 0 Å². The Hall–Kier alpha value is -2.21. The van der Waals surface area contributed by atoms with Crippen LogP contribution < -0.4 is 16.6 Å². The van der Waals surface area contributed by atoms with Gasteiger partial charge in [0.2, 0.25) is 0 Å². The molecule has 6 heteroatoms. The van der Waals surface area contributed by atoms with E-state index in [0.29, 0.717) is 11.6 Å². The molecule has 0 amide bonds. The van der Waals surface area contributed by atoms with Crippen LogP contribution in [0, 0.1) is 0 Å². The van der Waals surface area contributed by atoms with Gasteiger partial charge in [-0.25, -0.2) is 10.8 Å². The minimum Gasteiger partial charge on any atom is -0.368 e. The Labute approximate surface area is 99.3 Å². The van der Waals surface area contributed by atoms with Crippen molar-refractivity contribution in [2.75, 3.05) is 17.3 Å². The van der Waals surface area contributed by atoms with Crippen LogP contribution in [-0.4, -0.2) is 21.5 Å². The summed E-state index contributed by atoms with van der Waals surface area (Å²) >= 11 is 0. The average molecular weight is 230 g/mol. The van der Waals surface area contributed by atoms with E-state index in [9.17, 15) is 0 Å². The summed E-state index contributed by atoms with van der Waals surface area (Å²) in [5.74, 6) is 6.50. The van der Waals surface area contributed by atoms with E-state index in [-0.39, 0.29) is 0 Å². The molecular weight excluding hydrogens is 216 g/mol. The lowest BCUT2D eigenvalue weighted by atomic mass is 10.2. The molecule has 0 saturated carbocycles. The highest BCUT2D eigenvalue weighted by molar-refractivity contribution is 5.40. The van der Waals surface area contributed by atoms with E-state index in [1.165, 1.54) is 5.56 Å². The fourth-order valence-electron chi connectivity index (χ4n) is 1.41. The van der Waals surface area contributed by atoms with Gasteiger partial charge in [0.1, 0.15) is 5.82 Å². The minimum absolute atomic E-state index is 0.541. The van der Waals surface area contributed by atoms with E-state index >= 15 is 0 Å². The lowest BCUT2D eigenvalue weighted by Gasteiger charge is -2.06. The Bertz CT molecular complexity index is 459. The third-order valence-corrected chi connectivity index (χ3v) is 2.25. The number of nitrogens with two attached hydrogens (primary N) is 1. The number of pyridine rings is 1. The third-order valence-electron chi connectivity index (χ3n) is 2.25. The van der Waals surface area contributed by atoms with Crippen LogP contribution in [0.3, 0.4) is 0 Å². The van der Waals surface area contributed by atoms with E-state index in [1.807, 2.05) is 12.1 Å². The van der Waals surface area contributed by atoms with E-state index < -0.39 is 0 Å². The van der Waals surface area contributed by atoms with Crippen molar-refractivity contribution in [3.63, 3.8) is 0 Å². The first-order chi connectivity index (χ1) is 8.38. The number of hydrogen-bond acceptors (Lipinski definition) is 6. The van der Waals surface area contributed by atoms with Crippen molar-refractivity contribution in [2.45, 2.75) is 6.42 Å². The summed E-state index contributed by atoms with van der Waals surface area (Å²) in [7, 11) is 0. The van der Waals surface area contributed by atoms with E-state index in [1.54, 1.807) is 24.8 Å². The highest BCUT2D eigenvalue weighted by Crippen LogP contribution is 2.05. The van der Waals surface area contributed by atoms with Crippen LogP contribution in [0.25, 0.3) is 0 Å². The van der Waals surface area contributed by atoms with Gasteiger partial charge >= 0.3 is 0 Å². The Morgan fingerprint density at radius 3 is 2.59 bits per heavy atom. The predicted octanol–water partition coefficient (Wildman–Crippen LogP) is 0.812. The summed E-state index contributed by atoms with van der Waals surface area (Å²) in [6, 6.07) is 3.98. The molecule has 0 unspecified atom stereocenters. The van der Waals surface area contributed by atoms with Crippen molar-refractivity contribution >= 4 is 11.6 Å². The molecule has 2 aromatic rings. The van der Waals surface area contributed by atoms with Crippen LogP contribution in [0.1, 0.15) is 5.56 Å². The maximum atomic E-state index is 5.25. The van der Waals surface area contributed by atoms with Crippen molar-refractivity contribution < 1.29 is 0 Å². The molecule has 0 aliphatic heterocycles. The number of anilines is 2. The van der Waals surface area contributed by atoms with Gasteiger partial charge < -0.3 is 10.7 Å². The SMILES string of the molecule is NNc1cncc(NCCc2ccncc2)n1. The molecule has 17 heavy (non-hydrogen) atoms. The Kier molecular flexibility index (Phi) is 3.82. The first-order valence-corrected chi connectivity index (χ1v) is 5.30. The van der Waals surface area contributed by atoms with Gasteiger partial charge in [0.15, 0.2) is 5.82 Å². The number of aromatic nitrogens is 3. The summed E-state index contributed by atoms with van der Waals surface area (Å²) < 4.78 is 0. The average Bonchev–Trinajstić information content (AvgIpc) is 2.40. The molecule has 6 nitrogen and oxygen atoms in total. The van der Waals surface area contributed by atoms with Crippen LogP contribution in [-0.2, 0) is 6.42 Å². The van der Waals surface area contributed by atoms with Crippen LogP contribution in [0.4, 0.5) is 11.6 Å². The van der Waals surface area contributed by atoms with Crippen LogP contribution in [0.2, 0.25) is 0 Å². The number of hydrogen-bond donors (Lipinski definition) is 3. The predicted molar refractivity (Wildman–Crippen MR) is 66.3 cm³/mol.